The van der Waals surface area contributed by atoms with E-state index in [0.717, 1.165) is 96.9 Å². The number of hydrogen-bond donors (Lipinski definition) is 0. The zero-order chi connectivity index (χ0) is 36.2. The minimum absolute atomic E-state index is 0.186. The maximum atomic E-state index is 13.6. The van der Waals surface area contributed by atoms with Gasteiger partial charge in [0.25, 0.3) is 5.56 Å². The molecule has 5 aromatic rings. The van der Waals surface area contributed by atoms with Gasteiger partial charge in [-0.1, -0.05) is 67.2 Å². The molecular weight excluding hydrogens is 689 g/mol. The van der Waals surface area contributed by atoms with E-state index in [0.29, 0.717) is 42.0 Å². The molecule has 0 N–H and O–H groups in total. The standard InChI is InChI=1S/C40H42F4N6OS/c1-2-48-23-5-7-33(48)6-3-10-36-46-47-37(50(36)24-27-11-15-29(16-12-27)30-17-19-31(20-18-30)40(42,43)44)25-49-35-9-4-8-34(35)38(51)45-39(49)52-26-28-13-21-32(41)22-14-28/h11-22,33H,2-10,23-26H2,1H3/t33-/m1/s1. The van der Waals surface area contributed by atoms with Crippen LogP contribution in [0.3, 0.4) is 0 Å². The van der Waals surface area contributed by atoms with Gasteiger partial charge in [0.05, 0.1) is 18.7 Å². The normalized spacial score (nSPS) is 16.1. The number of fused-ring (bicyclic) bond motifs is 1. The van der Waals surface area contributed by atoms with Crippen molar-refractivity contribution in [3.05, 3.63) is 129 Å². The molecule has 272 valence electrons. The second kappa shape index (κ2) is 15.8. The molecule has 1 saturated heterocycles. The number of alkyl halides is 3. The highest BCUT2D eigenvalue weighted by atomic mass is 32.2. The van der Waals surface area contributed by atoms with Crippen LogP contribution in [0.5, 0.6) is 0 Å². The zero-order valence-corrected chi connectivity index (χ0v) is 30.0. The third-order valence-corrected chi connectivity index (χ3v) is 11.4. The van der Waals surface area contributed by atoms with E-state index in [1.165, 1.54) is 48.9 Å². The van der Waals surface area contributed by atoms with Crippen molar-refractivity contribution >= 4 is 11.8 Å². The van der Waals surface area contributed by atoms with E-state index in [1.54, 1.807) is 12.1 Å². The quantitative estimate of drug-likeness (QED) is 0.0690. The van der Waals surface area contributed by atoms with Crippen molar-refractivity contribution in [2.45, 2.75) is 94.5 Å². The van der Waals surface area contributed by atoms with Gasteiger partial charge in [0, 0.05) is 29.5 Å². The average molecular weight is 731 g/mol. The van der Waals surface area contributed by atoms with Crippen LogP contribution in [0.4, 0.5) is 17.6 Å². The molecule has 12 heteroatoms. The Kier molecular flexibility index (Phi) is 10.9. The summed E-state index contributed by atoms with van der Waals surface area (Å²) in [5, 5.41) is 10.1. The lowest BCUT2D eigenvalue weighted by atomic mass is 10.0. The van der Waals surface area contributed by atoms with Gasteiger partial charge in [-0.25, -0.2) is 4.39 Å². The van der Waals surface area contributed by atoms with Gasteiger partial charge >= 0.3 is 6.18 Å². The van der Waals surface area contributed by atoms with Crippen molar-refractivity contribution in [2.75, 3.05) is 13.1 Å². The van der Waals surface area contributed by atoms with Gasteiger partial charge in [0.15, 0.2) is 11.0 Å². The lowest BCUT2D eigenvalue weighted by Crippen LogP contribution is -2.29. The van der Waals surface area contributed by atoms with E-state index in [9.17, 15) is 22.4 Å². The molecule has 0 unspecified atom stereocenters. The molecule has 0 radical (unpaired) electrons. The first kappa shape index (κ1) is 36.1. The van der Waals surface area contributed by atoms with Gasteiger partial charge in [-0.05, 0) is 105 Å². The average Bonchev–Trinajstić information content (AvgIpc) is 3.91. The number of halogens is 4. The van der Waals surface area contributed by atoms with Crippen molar-refractivity contribution in [3.63, 3.8) is 0 Å². The highest BCUT2D eigenvalue weighted by molar-refractivity contribution is 7.98. The van der Waals surface area contributed by atoms with E-state index < -0.39 is 11.7 Å². The molecule has 0 bridgehead atoms. The number of benzene rings is 3. The molecule has 1 fully saturated rings. The first-order valence-electron chi connectivity index (χ1n) is 18.1. The molecule has 1 aliphatic carbocycles. The van der Waals surface area contributed by atoms with Crippen LogP contribution < -0.4 is 5.56 Å². The Labute approximate surface area is 305 Å². The fourth-order valence-corrected chi connectivity index (χ4v) is 8.52. The van der Waals surface area contributed by atoms with E-state index in [4.69, 9.17) is 10.2 Å². The van der Waals surface area contributed by atoms with Gasteiger partial charge < -0.3 is 14.0 Å². The monoisotopic (exact) mass is 730 g/mol. The second-order valence-corrected chi connectivity index (χ2v) is 14.6. The number of hydrogen-bond acceptors (Lipinski definition) is 6. The largest absolute Gasteiger partial charge is 0.416 e. The lowest BCUT2D eigenvalue weighted by Gasteiger charge is -2.22. The predicted molar refractivity (Wildman–Crippen MR) is 195 cm³/mol. The Morgan fingerprint density at radius 2 is 1.52 bits per heavy atom. The molecule has 1 aliphatic heterocycles. The topological polar surface area (TPSA) is 68.8 Å². The zero-order valence-electron chi connectivity index (χ0n) is 29.2. The highest BCUT2D eigenvalue weighted by Gasteiger charge is 2.30. The van der Waals surface area contributed by atoms with E-state index in [1.807, 2.05) is 24.3 Å². The van der Waals surface area contributed by atoms with Crippen molar-refractivity contribution in [1.29, 1.82) is 0 Å². The molecule has 52 heavy (non-hydrogen) atoms. The van der Waals surface area contributed by atoms with Crippen LogP contribution in [0.2, 0.25) is 0 Å². The van der Waals surface area contributed by atoms with Crippen LogP contribution in [-0.4, -0.2) is 48.3 Å². The van der Waals surface area contributed by atoms with Crippen LogP contribution in [0.25, 0.3) is 11.1 Å². The van der Waals surface area contributed by atoms with Crippen molar-refractivity contribution in [2.24, 2.45) is 0 Å². The fourth-order valence-electron chi connectivity index (χ4n) is 7.56. The molecule has 3 aromatic carbocycles. The molecular formula is C40H42F4N6OS. The van der Waals surface area contributed by atoms with Gasteiger partial charge in [-0.3, -0.25) is 4.79 Å². The third-order valence-electron chi connectivity index (χ3n) is 10.4. The summed E-state index contributed by atoms with van der Waals surface area (Å²) in [7, 11) is 0. The Balaban J connectivity index is 1.17. The summed E-state index contributed by atoms with van der Waals surface area (Å²) in [4.78, 5) is 20.2. The Morgan fingerprint density at radius 1 is 0.827 bits per heavy atom. The molecule has 0 saturated carbocycles. The summed E-state index contributed by atoms with van der Waals surface area (Å²) in [6.45, 7) is 5.35. The molecule has 7 nitrogen and oxygen atoms in total. The summed E-state index contributed by atoms with van der Waals surface area (Å²) in [5.74, 6) is 1.90. The van der Waals surface area contributed by atoms with Crippen molar-refractivity contribution < 1.29 is 17.6 Å². The van der Waals surface area contributed by atoms with E-state index >= 15 is 0 Å². The summed E-state index contributed by atoms with van der Waals surface area (Å²) >= 11 is 1.46. The number of aromatic nitrogens is 5. The number of likely N-dealkylation sites (tertiary alicyclic amines) is 1. The lowest BCUT2D eigenvalue weighted by molar-refractivity contribution is -0.137. The van der Waals surface area contributed by atoms with Gasteiger partial charge in [0.1, 0.15) is 11.6 Å². The molecule has 2 aromatic heterocycles. The molecule has 3 heterocycles. The molecule has 1 atom stereocenters. The Morgan fingerprint density at radius 3 is 2.23 bits per heavy atom. The number of thioether (sulfide) groups is 1. The van der Waals surface area contributed by atoms with E-state index in [-0.39, 0.29) is 11.4 Å². The first-order valence-corrected chi connectivity index (χ1v) is 19.1. The molecule has 2 aliphatic rings. The van der Waals surface area contributed by atoms with Gasteiger partial charge in [-0.2, -0.15) is 18.2 Å². The Hall–Kier alpha value is -4.29. The minimum atomic E-state index is -4.38. The second-order valence-electron chi connectivity index (χ2n) is 13.7. The number of nitrogens with zero attached hydrogens (tertiary/aromatic N) is 6. The highest BCUT2D eigenvalue weighted by Crippen LogP contribution is 2.32. The maximum Gasteiger partial charge on any atom is 0.416 e. The third kappa shape index (κ3) is 8.18. The first-order chi connectivity index (χ1) is 25.2. The number of rotatable bonds is 13. The van der Waals surface area contributed by atoms with Gasteiger partial charge in [0.2, 0.25) is 0 Å². The summed E-state index contributed by atoms with van der Waals surface area (Å²) in [6.07, 6.45) is 3.30. The predicted octanol–water partition coefficient (Wildman–Crippen LogP) is 8.34. The fraction of sp³-hybridized carbons (Fsp3) is 0.400. The van der Waals surface area contributed by atoms with Crippen LogP contribution in [0.1, 0.15) is 78.6 Å². The Bertz CT molecular complexity index is 2040. The minimum Gasteiger partial charge on any atom is -0.316 e. The van der Waals surface area contributed by atoms with Crippen LogP contribution >= 0.6 is 11.8 Å². The SMILES string of the molecule is CCN1CCC[C@H]1CCCc1nnc(Cn2c(SCc3ccc(F)cc3)nc(=O)c3c2CCC3)n1Cc1ccc(-c2ccc(C(F)(F)F)cc2)cc1. The van der Waals surface area contributed by atoms with Gasteiger partial charge in [-0.15, -0.1) is 10.2 Å². The van der Waals surface area contributed by atoms with Crippen molar-refractivity contribution in [3.8, 4) is 11.1 Å². The van der Waals surface area contributed by atoms with E-state index in [2.05, 4.69) is 25.9 Å². The molecule has 0 amide bonds. The smallest absolute Gasteiger partial charge is 0.316 e. The number of aryl methyl sites for hydroxylation is 1. The van der Waals surface area contributed by atoms with Crippen molar-refractivity contribution in [1.82, 2.24) is 29.2 Å². The van der Waals surface area contributed by atoms with Crippen LogP contribution in [0, 0.1) is 5.82 Å². The maximum absolute atomic E-state index is 13.6. The van der Waals surface area contributed by atoms with Crippen LogP contribution in [0.15, 0.2) is 82.7 Å². The molecule has 7 rings (SSSR count). The summed E-state index contributed by atoms with van der Waals surface area (Å²) in [6, 6.07) is 20.0. The van der Waals surface area contributed by atoms with Crippen LogP contribution in [-0.2, 0) is 44.3 Å². The summed E-state index contributed by atoms with van der Waals surface area (Å²) < 4.78 is 57.3. The summed E-state index contributed by atoms with van der Waals surface area (Å²) in [5.41, 5.74) is 4.37. The molecule has 0 spiro atoms.